The maximum atomic E-state index is 15.4. The molecule has 0 unspecified atom stereocenters. The zero-order valence-electron chi connectivity index (χ0n) is 21.8. The van der Waals surface area contributed by atoms with Crippen LogP contribution in [0.2, 0.25) is 0 Å². The van der Waals surface area contributed by atoms with Crippen molar-refractivity contribution in [2.45, 2.75) is 58.3 Å². The molecule has 190 valence electrons. The first kappa shape index (κ1) is 25.3. The van der Waals surface area contributed by atoms with Gasteiger partial charge in [0.1, 0.15) is 0 Å². The van der Waals surface area contributed by atoms with Crippen LogP contribution in [-0.2, 0) is 17.3 Å². The molecule has 0 fully saturated rings. The van der Waals surface area contributed by atoms with Crippen LogP contribution in [0.4, 0.5) is 17.6 Å². The molecule has 5 aromatic rings. The van der Waals surface area contributed by atoms with E-state index >= 15 is 17.6 Å². The third-order valence-corrected chi connectivity index (χ3v) is 7.96. The van der Waals surface area contributed by atoms with E-state index < -0.39 is 45.2 Å². The Morgan fingerprint density at radius 2 is 0.892 bits per heavy atom. The summed E-state index contributed by atoms with van der Waals surface area (Å²) in [6, 6.07) is 22.4. The highest BCUT2D eigenvalue weighted by atomic mass is 19.2. The van der Waals surface area contributed by atoms with E-state index in [1.165, 1.54) is 0 Å². The Morgan fingerprint density at radius 3 is 1.32 bits per heavy atom. The highest BCUT2D eigenvalue weighted by molar-refractivity contribution is 6.25. The van der Waals surface area contributed by atoms with Gasteiger partial charge in [-0.1, -0.05) is 101 Å². The first-order chi connectivity index (χ1) is 17.5. The van der Waals surface area contributed by atoms with E-state index in [-0.39, 0.29) is 6.42 Å². The lowest BCUT2D eigenvalue weighted by Gasteiger charge is -2.30. The van der Waals surface area contributed by atoms with E-state index in [1.807, 2.05) is 42.5 Å². The SMILES string of the molecule is CCC(C)(C)c1c(F)c(F)c(C(C)(C)Cc2ccc3c4ccccc4c4ccccc4c3c2)c(F)c1F. The fourth-order valence-corrected chi connectivity index (χ4v) is 5.66. The van der Waals surface area contributed by atoms with Gasteiger partial charge in [-0.05, 0) is 61.6 Å². The van der Waals surface area contributed by atoms with Crippen molar-refractivity contribution in [1.29, 1.82) is 0 Å². The lowest BCUT2D eigenvalue weighted by molar-refractivity contribution is 0.354. The predicted molar refractivity (Wildman–Crippen MR) is 145 cm³/mol. The van der Waals surface area contributed by atoms with Crippen molar-refractivity contribution in [3.8, 4) is 0 Å². The van der Waals surface area contributed by atoms with Crippen molar-refractivity contribution in [2.24, 2.45) is 0 Å². The molecule has 5 aromatic carbocycles. The van der Waals surface area contributed by atoms with Crippen molar-refractivity contribution < 1.29 is 17.6 Å². The van der Waals surface area contributed by atoms with Crippen LogP contribution in [0.5, 0.6) is 0 Å². The van der Waals surface area contributed by atoms with Crippen LogP contribution in [0.25, 0.3) is 32.3 Å². The second kappa shape index (κ2) is 8.86. The molecule has 0 saturated carbocycles. The van der Waals surface area contributed by atoms with Gasteiger partial charge in [0, 0.05) is 11.1 Å². The van der Waals surface area contributed by atoms with Gasteiger partial charge < -0.3 is 0 Å². The van der Waals surface area contributed by atoms with Crippen LogP contribution in [0.1, 0.15) is 57.7 Å². The fraction of sp³-hybridized carbons (Fsp3) is 0.273. The van der Waals surface area contributed by atoms with Gasteiger partial charge in [-0.25, -0.2) is 17.6 Å². The molecule has 0 heterocycles. The average Bonchev–Trinajstić information content (AvgIpc) is 2.87. The first-order valence-electron chi connectivity index (χ1n) is 12.7. The molecule has 0 saturated heterocycles. The maximum absolute atomic E-state index is 15.4. The zero-order valence-corrected chi connectivity index (χ0v) is 21.8. The van der Waals surface area contributed by atoms with Crippen molar-refractivity contribution >= 4 is 32.3 Å². The third kappa shape index (κ3) is 3.98. The van der Waals surface area contributed by atoms with E-state index in [4.69, 9.17) is 0 Å². The number of rotatable bonds is 5. The largest absolute Gasteiger partial charge is 0.203 e. The highest BCUT2D eigenvalue weighted by Crippen LogP contribution is 2.41. The van der Waals surface area contributed by atoms with Gasteiger partial charge in [0.25, 0.3) is 0 Å². The van der Waals surface area contributed by atoms with Crippen LogP contribution in [0.3, 0.4) is 0 Å². The van der Waals surface area contributed by atoms with Gasteiger partial charge in [-0.2, -0.15) is 0 Å². The summed E-state index contributed by atoms with van der Waals surface area (Å²) >= 11 is 0. The second-order valence-electron chi connectivity index (χ2n) is 11.3. The molecule has 0 aliphatic heterocycles. The van der Waals surface area contributed by atoms with Crippen LogP contribution in [0, 0.1) is 23.3 Å². The molecule has 37 heavy (non-hydrogen) atoms. The summed E-state index contributed by atoms with van der Waals surface area (Å²) in [5.74, 6) is -5.22. The smallest absolute Gasteiger partial charge is 0.166 e. The molecule has 4 heteroatoms. The average molecular weight is 503 g/mol. The number of halogens is 4. The minimum Gasteiger partial charge on any atom is -0.203 e. The van der Waals surface area contributed by atoms with E-state index in [0.29, 0.717) is 6.42 Å². The molecule has 0 aliphatic carbocycles. The minimum absolute atomic E-state index is 0.202. The summed E-state index contributed by atoms with van der Waals surface area (Å²) in [7, 11) is 0. The van der Waals surface area contributed by atoms with Crippen LogP contribution >= 0.6 is 0 Å². The van der Waals surface area contributed by atoms with E-state index in [1.54, 1.807) is 34.6 Å². The van der Waals surface area contributed by atoms with Crippen LogP contribution in [0.15, 0.2) is 66.7 Å². The Bertz CT molecular complexity index is 1610. The number of hydrogen-bond acceptors (Lipinski definition) is 0. The molecule has 0 amide bonds. The molecule has 0 bridgehead atoms. The summed E-state index contributed by atoms with van der Waals surface area (Å²) < 4.78 is 61.3. The molecule has 0 atom stereocenters. The maximum Gasteiger partial charge on any atom is 0.166 e. The fourth-order valence-electron chi connectivity index (χ4n) is 5.66. The minimum atomic E-state index is -1.31. The molecule has 0 spiro atoms. The van der Waals surface area contributed by atoms with Gasteiger partial charge in [0.05, 0.1) is 0 Å². The molecule has 0 aliphatic rings. The Labute approximate surface area is 214 Å². The monoisotopic (exact) mass is 502 g/mol. The Balaban J connectivity index is 1.66. The number of fused-ring (bicyclic) bond motifs is 6. The Hall–Kier alpha value is -3.40. The standard InChI is InChI=1S/C33H30F4/c1-6-32(2,3)26-28(34)30(36)27(31(37)29(26)35)33(4,5)18-19-15-16-24-22-13-8-7-11-20(22)21-12-9-10-14-23(21)25(24)17-19/h7-17H,6,18H2,1-5H3. The van der Waals surface area contributed by atoms with E-state index in [9.17, 15) is 0 Å². The van der Waals surface area contributed by atoms with Crippen molar-refractivity contribution in [1.82, 2.24) is 0 Å². The normalized spacial score (nSPS) is 12.7. The van der Waals surface area contributed by atoms with Gasteiger partial charge >= 0.3 is 0 Å². The quantitative estimate of drug-likeness (QED) is 0.127. The number of benzene rings is 5. The van der Waals surface area contributed by atoms with Crippen LogP contribution < -0.4 is 0 Å². The van der Waals surface area contributed by atoms with Gasteiger partial charge in [-0.3, -0.25) is 0 Å². The van der Waals surface area contributed by atoms with Crippen molar-refractivity contribution in [3.05, 3.63) is 107 Å². The van der Waals surface area contributed by atoms with Crippen molar-refractivity contribution in [2.75, 3.05) is 0 Å². The lowest BCUT2D eigenvalue weighted by Crippen LogP contribution is -2.29. The zero-order chi connectivity index (χ0) is 26.7. The summed E-state index contributed by atoms with van der Waals surface area (Å²) in [6.45, 7) is 8.16. The molecule has 0 nitrogen and oxygen atoms in total. The summed E-state index contributed by atoms with van der Waals surface area (Å²) in [5, 5.41) is 6.59. The van der Waals surface area contributed by atoms with Gasteiger partial charge in [0.2, 0.25) is 0 Å². The van der Waals surface area contributed by atoms with Gasteiger partial charge in [-0.15, -0.1) is 0 Å². The van der Waals surface area contributed by atoms with E-state index in [2.05, 4.69) is 24.3 Å². The lowest BCUT2D eigenvalue weighted by atomic mass is 9.75. The predicted octanol–water partition coefficient (Wildman–Crippen LogP) is 9.91. The molecular formula is C33H30F4. The van der Waals surface area contributed by atoms with Gasteiger partial charge in [0.15, 0.2) is 23.3 Å². The molecule has 0 aromatic heterocycles. The Kier molecular flexibility index (Phi) is 6.05. The number of hydrogen-bond donors (Lipinski definition) is 0. The second-order valence-corrected chi connectivity index (χ2v) is 11.3. The highest BCUT2D eigenvalue weighted by Gasteiger charge is 2.38. The Morgan fingerprint density at radius 1 is 0.514 bits per heavy atom. The molecule has 5 rings (SSSR count). The summed E-state index contributed by atoms with van der Waals surface area (Å²) in [6.07, 6.45) is 0.537. The first-order valence-corrected chi connectivity index (χ1v) is 12.7. The topological polar surface area (TPSA) is 0 Å². The molecule has 0 N–H and O–H groups in total. The van der Waals surface area contributed by atoms with Crippen molar-refractivity contribution in [3.63, 3.8) is 0 Å². The van der Waals surface area contributed by atoms with E-state index in [0.717, 1.165) is 37.9 Å². The van der Waals surface area contributed by atoms with Crippen LogP contribution in [-0.4, -0.2) is 0 Å². The third-order valence-electron chi connectivity index (χ3n) is 7.96. The summed E-state index contributed by atoms with van der Waals surface area (Å²) in [5.41, 5.74) is -2.50. The molecule has 0 radical (unpaired) electrons. The summed E-state index contributed by atoms with van der Waals surface area (Å²) in [4.78, 5) is 0. The molecular weight excluding hydrogens is 472 g/mol.